The number of hydrogen-bond donors (Lipinski definition) is 0. The Labute approximate surface area is 72.0 Å². The first-order valence-corrected chi connectivity index (χ1v) is 4.13. The SMILES string of the molecule is CC(C)N1COc2cccnc21. The molecule has 0 atom stereocenters. The van der Waals surface area contributed by atoms with Crippen LogP contribution in [0, 0.1) is 0 Å². The zero-order valence-corrected chi connectivity index (χ0v) is 7.32. The van der Waals surface area contributed by atoms with Gasteiger partial charge >= 0.3 is 0 Å². The molecule has 1 aromatic heterocycles. The van der Waals surface area contributed by atoms with Gasteiger partial charge in [-0.05, 0) is 26.0 Å². The van der Waals surface area contributed by atoms with E-state index in [1.54, 1.807) is 6.20 Å². The van der Waals surface area contributed by atoms with Gasteiger partial charge in [-0.15, -0.1) is 0 Å². The van der Waals surface area contributed by atoms with Gasteiger partial charge in [0.1, 0.15) is 0 Å². The molecule has 0 aromatic carbocycles. The first-order valence-electron chi connectivity index (χ1n) is 4.13. The predicted octanol–water partition coefficient (Wildman–Crippen LogP) is 1.65. The molecule has 0 aliphatic carbocycles. The van der Waals surface area contributed by atoms with Crippen LogP contribution in [0.3, 0.4) is 0 Å². The smallest absolute Gasteiger partial charge is 0.174 e. The monoisotopic (exact) mass is 164 g/mol. The molecule has 0 bridgehead atoms. The third-order valence-corrected chi connectivity index (χ3v) is 2.01. The number of hydrogen-bond acceptors (Lipinski definition) is 3. The molecule has 0 saturated carbocycles. The van der Waals surface area contributed by atoms with E-state index >= 15 is 0 Å². The van der Waals surface area contributed by atoms with Crippen molar-refractivity contribution in [3.8, 4) is 5.75 Å². The highest BCUT2D eigenvalue weighted by atomic mass is 16.5. The largest absolute Gasteiger partial charge is 0.469 e. The second kappa shape index (κ2) is 2.66. The van der Waals surface area contributed by atoms with Crippen LogP contribution in [0.5, 0.6) is 5.75 Å². The maximum absolute atomic E-state index is 5.44. The molecule has 0 spiro atoms. The second-order valence-electron chi connectivity index (χ2n) is 3.16. The summed E-state index contributed by atoms with van der Waals surface area (Å²) in [6, 6.07) is 4.29. The zero-order valence-electron chi connectivity index (χ0n) is 7.32. The minimum absolute atomic E-state index is 0.446. The molecule has 0 N–H and O–H groups in total. The van der Waals surface area contributed by atoms with Gasteiger partial charge in [0.2, 0.25) is 0 Å². The van der Waals surface area contributed by atoms with Crippen LogP contribution in [0.4, 0.5) is 5.82 Å². The third-order valence-electron chi connectivity index (χ3n) is 2.01. The molecule has 3 heteroatoms. The average Bonchev–Trinajstić information content (AvgIpc) is 2.47. The molecule has 0 amide bonds. The van der Waals surface area contributed by atoms with Gasteiger partial charge < -0.3 is 9.64 Å². The number of ether oxygens (including phenoxy) is 1. The Balaban J connectivity index is 2.36. The summed E-state index contributed by atoms with van der Waals surface area (Å²) in [5, 5.41) is 0. The topological polar surface area (TPSA) is 25.4 Å². The molecule has 2 rings (SSSR count). The molecule has 1 aliphatic rings. The fourth-order valence-electron chi connectivity index (χ4n) is 1.30. The van der Waals surface area contributed by atoms with E-state index in [-0.39, 0.29) is 0 Å². The van der Waals surface area contributed by atoms with E-state index in [4.69, 9.17) is 4.74 Å². The quantitative estimate of drug-likeness (QED) is 0.631. The molecule has 1 aliphatic heterocycles. The van der Waals surface area contributed by atoms with Crippen LogP contribution in [0.25, 0.3) is 0 Å². The summed E-state index contributed by atoms with van der Waals surface area (Å²) in [6.07, 6.45) is 1.79. The maximum Gasteiger partial charge on any atom is 0.174 e. The summed E-state index contributed by atoms with van der Waals surface area (Å²) in [5.41, 5.74) is 0. The summed E-state index contributed by atoms with van der Waals surface area (Å²) in [7, 11) is 0. The predicted molar refractivity (Wildman–Crippen MR) is 47.3 cm³/mol. The van der Waals surface area contributed by atoms with Crippen LogP contribution in [-0.2, 0) is 0 Å². The van der Waals surface area contributed by atoms with Gasteiger partial charge in [-0.2, -0.15) is 0 Å². The minimum Gasteiger partial charge on any atom is -0.469 e. The summed E-state index contributed by atoms with van der Waals surface area (Å²) in [6.45, 7) is 4.89. The van der Waals surface area contributed by atoms with Gasteiger partial charge in [-0.25, -0.2) is 4.98 Å². The molecule has 3 nitrogen and oxygen atoms in total. The van der Waals surface area contributed by atoms with Crippen LogP contribution in [-0.4, -0.2) is 17.8 Å². The first kappa shape index (κ1) is 7.40. The van der Waals surface area contributed by atoms with Crippen LogP contribution < -0.4 is 9.64 Å². The molecule has 0 saturated heterocycles. The lowest BCUT2D eigenvalue weighted by molar-refractivity contribution is 0.339. The minimum atomic E-state index is 0.446. The Morgan fingerprint density at radius 2 is 2.42 bits per heavy atom. The van der Waals surface area contributed by atoms with Crippen molar-refractivity contribution in [2.45, 2.75) is 19.9 Å². The Bertz CT molecular complexity index is 286. The fourth-order valence-corrected chi connectivity index (χ4v) is 1.30. The van der Waals surface area contributed by atoms with Crippen molar-refractivity contribution in [2.24, 2.45) is 0 Å². The van der Waals surface area contributed by atoms with Crippen LogP contribution in [0.15, 0.2) is 18.3 Å². The Hall–Kier alpha value is -1.25. The van der Waals surface area contributed by atoms with Crippen LogP contribution >= 0.6 is 0 Å². The fraction of sp³-hybridized carbons (Fsp3) is 0.444. The lowest BCUT2D eigenvalue weighted by Crippen LogP contribution is -2.30. The number of nitrogens with zero attached hydrogens (tertiary/aromatic N) is 2. The lowest BCUT2D eigenvalue weighted by Gasteiger charge is -2.19. The Morgan fingerprint density at radius 3 is 3.17 bits per heavy atom. The van der Waals surface area contributed by atoms with Gasteiger partial charge in [-0.1, -0.05) is 0 Å². The molecule has 64 valence electrons. The van der Waals surface area contributed by atoms with Crippen molar-refractivity contribution in [1.82, 2.24) is 4.98 Å². The number of pyridine rings is 1. The standard InChI is InChI=1S/C9H12N2O/c1-7(2)11-6-12-8-4-3-5-10-9(8)11/h3-5,7H,6H2,1-2H3. The van der Waals surface area contributed by atoms with Gasteiger partial charge in [0, 0.05) is 12.2 Å². The Morgan fingerprint density at radius 1 is 1.58 bits per heavy atom. The highest BCUT2D eigenvalue weighted by Gasteiger charge is 2.22. The summed E-state index contributed by atoms with van der Waals surface area (Å²) in [5.74, 6) is 1.86. The lowest BCUT2D eigenvalue weighted by atomic mass is 10.3. The van der Waals surface area contributed by atoms with Crippen molar-refractivity contribution in [3.63, 3.8) is 0 Å². The number of rotatable bonds is 1. The van der Waals surface area contributed by atoms with E-state index in [2.05, 4.69) is 23.7 Å². The van der Waals surface area contributed by atoms with Crippen molar-refractivity contribution in [1.29, 1.82) is 0 Å². The number of aromatic nitrogens is 1. The van der Waals surface area contributed by atoms with E-state index < -0.39 is 0 Å². The van der Waals surface area contributed by atoms with E-state index in [1.807, 2.05) is 12.1 Å². The van der Waals surface area contributed by atoms with E-state index in [1.165, 1.54) is 0 Å². The summed E-state index contributed by atoms with van der Waals surface area (Å²) in [4.78, 5) is 6.40. The molecule has 2 heterocycles. The summed E-state index contributed by atoms with van der Waals surface area (Å²) < 4.78 is 5.44. The first-order chi connectivity index (χ1) is 5.79. The van der Waals surface area contributed by atoms with E-state index in [0.717, 1.165) is 11.6 Å². The number of fused-ring (bicyclic) bond motifs is 1. The van der Waals surface area contributed by atoms with Crippen molar-refractivity contribution >= 4 is 5.82 Å². The van der Waals surface area contributed by atoms with Gasteiger partial charge in [0.05, 0.1) is 0 Å². The summed E-state index contributed by atoms with van der Waals surface area (Å²) >= 11 is 0. The molecule has 1 aromatic rings. The molecule has 0 radical (unpaired) electrons. The Kier molecular flexibility index (Phi) is 1.64. The van der Waals surface area contributed by atoms with Crippen LogP contribution in [0.1, 0.15) is 13.8 Å². The van der Waals surface area contributed by atoms with Crippen LogP contribution in [0.2, 0.25) is 0 Å². The van der Waals surface area contributed by atoms with Crippen molar-refractivity contribution in [3.05, 3.63) is 18.3 Å². The van der Waals surface area contributed by atoms with E-state index in [0.29, 0.717) is 12.8 Å². The van der Waals surface area contributed by atoms with Crippen molar-refractivity contribution < 1.29 is 4.74 Å². The molecule has 0 unspecified atom stereocenters. The van der Waals surface area contributed by atoms with Gasteiger partial charge in [0.15, 0.2) is 18.3 Å². The molecular formula is C9H12N2O. The number of anilines is 1. The second-order valence-corrected chi connectivity index (χ2v) is 3.16. The van der Waals surface area contributed by atoms with Gasteiger partial charge in [-0.3, -0.25) is 0 Å². The normalized spacial score (nSPS) is 14.8. The zero-order chi connectivity index (χ0) is 8.55. The molecular weight excluding hydrogens is 152 g/mol. The van der Waals surface area contributed by atoms with E-state index in [9.17, 15) is 0 Å². The highest BCUT2D eigenvalue weighted by Crippen LogP contribution is 2.31. The maximum atomic E-state index is 5.44. The third kappa shape index (κ3) is 1.02. The highest BCUT2D eigenvalue weighted by molar-refractivity contribution is 5.55. The average molecular weight is 164 g/mol. The molecule has 0 fully saturated rings. The molecule has 12 heavy (non-hydrogen) atoms. The van der Waals surface area contributed by atoms with Gasteiger partial charge in [0.25, 0.3) is 0 Å². The van der Waals surface area contributed by atoms with Crippen molar-refractivity contribution in [2.75, 3.05) is 11.6 Å².